The fourth-order valence-corrected chi connectivity index (χ4v) is 6.48. The Morgan fingerprint density at radius 1 is 0.594 bits per heavy atom. The van der Waals surface area contributed by atoms with Crippen molar-refractivity contribution in [2.75, 3.05) is 6.61 Å². The molecule has 1 saturated heterocycles. The first-order valence-electron chi connectivity index (χ1n) is 20.8. The van der Waals surface area contributed by atoms with Crippen LogP contribution in [0.25, 0.3) is 22.8 Å². The minimum absolute atomic E-state index is 0. The Morgan fingerprint density at radius 3 is 1.45 bits per heavy atom. The molecule has 0 radical (unpaired) electrons. The molecule has 0 aliphatic carbocycles. The quantitative estimate of drug-likeness (QED) is 0.0891. The second-order valence-electron chi connectivity index (χ2n) is 18.3. The topological polar surface area (TPSA) is 162 Å². The van der Waals surface area contributed by atoms with Crippen molar-refractivity contribution in [3.05, 3.63) is 95.3 Å². The molecular weight excluding hydrogens is 998 g/mol. The van der Waals surface area contributed by atoms with E-state index in [-0.39, 0.29) is 43.9 Å². The third kappa shape index (κ3) is 15.4. The van der Waals surface area contributed by atoms with Gasteiger partial charge in [-0.1, -0.05) is 68.2 Å². The Hall–Kier alpha value is -5.44. The fourth-order valence-electron chi connectivity index (χ4n) is 6.48. The summed E-state index contributed by atoms with van der Waals surface area (Å²) in [5, 5.41) is 0. The molecule has 5 rings (SSSR count). The zero-order chi connectivity index (χ0) is 46.9. The van der Waals surface area contributed by atoms with Gasteiger partial charge in [0.15, 0.2) is 12.2 Å². The van der Waals surface area contributed by atoms with E-state index in [2.05, 4.69) is 121 Å². The number of pyridine rings is 3. The molecule has 3 aromatic heterocycles. The molecule has 64 heavy (non-hydrogen) atoms. The van der Waals surface area contributed by atoms with Crippen molar-refractivity contribution >= 4 is 23.9 Å². The SMILES string of the molecule is CC#Cc1ccc(O[C@@H]2O[C@H](COC(C)=O)[C@@H](OC(C)=O)[C@@H](OC(C)=O)[C@H]2OC(C)=O)cc1.CC(C)(C)c1ccnc(-c2cc(C(C)(C)C)cc(-c3cc(C(C)(C)C)ccn3)n2)c1.[Pt+2]. The maximum absolute atomic E-state index is 11.8. The van der Waals surface area contributed by atoms with E-state index in [1.165, 1.54) is 23.6 Å². The first-order chi connectivity index (χ1) is 29.3. The van der Waals surface area contributed by atoms with Gasteiger partial charge >= 0.3 is 44.9 Å². The third-order valence-corrected chi connectivity index (χ3v) is 9.79. The van der Waals surface area contributed by atoms with Crippen molar-refractivity contribution in [3.8, 4) is 40.4 Å². The maximum atomic E-state index is 11.8. The molecule has 0 unspecified atom stereocenters. The summed E-state index contributed by atoms with van der Waals surface area (Å²) < 4.78 is 32.8. The van der Waals surface area contributed by atoms with Gasteiger partial charge in [-0.25, -0.2) is 4.98 Å². The van der Waals surface area contributed by atoms with Gasteiger partial charge in [0.2, 0.25) is 12.4 Å². The molecule has 1 aromatic carbocycles. The Balaban J connectivity index is 0.000000336. The second kappa shape index (κ2) is 22.5. The van der Waals surface area contributed by atoms with E-state index in [0.717, 1.165) is 49.1 Å². The molecule has 5 atom stereocenters. The van der Waals surface area contributed by atoms with Crippen LogP contribution in [0.2, 0.25) is 0 Å². The summed E-state index contributed by atoms with van der Waals surface area (Å²) in [4.78, 5) is 61.1. The van der Waals surface area contributed by atoms with Crippen LogP contribution in [-0.4, -0.2) is 76.1 Å². The van der Waals surface area contributed by atoms with Gasteiger partial charge in [0, 0.05) is 45.7 Å². The van der Waals surface area contributed by atoms with Crippen molar-refractivity contribution in [2.45, 2.75) is 144 Å². The molecule has 344 valence electrons. The minimum atomic E-state index is -1.29. The Labute approximate surface area is 392 Å². The van der Waals surface area contributed by atoms with Crippen molar-refractivity contribution in [1.29, 1.82) is 0 Å². The number of ether oxygens (including phenoxy) is 6. The van der Waals surface area contributed by atoms with E-state index < -0.39 is 54.6 Å². The van der Waals surface area contributed by atoms with Crippen LogP contribution in [0, 0.1) is 11.8 Å². The molecule has 0 amide bonds. The summed E-state index contributed by atoms with van der Waals surface area (Å²) in [5.41, 5.74) is 8.21. The largest absolute Gasteiger partial charge is 2.00 e. The monoisotopic (exact) mass is 1060 g/mol. The number of rotatable bonds is 9. The fraction of sp³-hybridized carbons (Fsp3) is 0.460. The number of nitrogens with zero attached hydrogens (tertiary/aromatic N) is 3. The molecule has 4 aromatic rings. The summed E-state index contributed by atoms with van der Waals surface area (Å²) in [6.07, 6.45) is -2.41. The zero-order valence-electron chi connectivity index (χ0n) is 39.3. The molecule has 0 N–H and O–H groups in total. The standard InChI is InChI=1S/C27H35N3.C23H26O10.Pt/c1-25(2,3)18-10-12-28-21(14-18)23-16-20(27(7,8)9)17-24(30-23)22-15-19(11-13-29-22)26(4,5)6;1-6-7-17-8-10-18(11-9-17)32-23-22(31-16(5)27)21(30-15(4)26)20(29-14(3)25)19(33-23)12-28-13(2)24;/h10-17H,1-9H3;8-11,19-23H,12H2,1-5H3;/q;;+2/t;19-,20-,21-,22-,23-;/m.1./s1. The summed E-state index contributed by atoms with van der Waals surface area (Å²) in [6, 6.07) is 19.6. The predicted octanol–water partition coefficient (Wildman–Crippen LogP) is 8.62. The van der Waals surface area contributed by atoms with Crippen LogP contribution < -0.4 is 4.74 Å². The minimum Gasteiger partial charge on any atom is -0.463 e. The summed E-state index contributed by atoms with van der Waals surface area (Å²) in [6.45, 7) is 26.0. The number of hydrogen-bond acceptors (Lipinski definition) is 13. The predicted molar refractivity (Wildman–Crippen MR) is 238 cm³/mol. The van der Waals surface area contributed by atoms with Gasteiger partial charge in [0.25, 0.3) is 0 Å². The summed E-state index contributed by atoms with van der Waals surface area (Å²) in [5.74, 6) is 3.30. The molecule has 0 spiro atoms. The van der Waals surface area contributed by atoms with E-state index >= 15 is 0 Å². The zero-order valence-corrected chi connectivity index (χ0v) is 41.5. The van der Waals surface area contributed by atoms with Gasteiger partial charge in [-0.15, -0.1) is 5.92 Å². The van der Waals surface area contributed by atoms with E-state index in [1.54, 1.807) is 31.2 Å². The summed E-state index contributed by atoms with van der Waals surface area (Å²) >= 11 is 0. The smallest absolute Gasteiger partial charge is 0.463 e. The number of benzene rings is 1. The van der Waals surface area contributed by atoms with Gasteiger partial charge in [-0.2, -0.15) is 0 Å². The molecule has 14 heteroatoms. The van der Waals surface area contributed by atoms with Gasteiger partial charge < -0.3 is 28.4 Å². The first kappa shape index (κ1) is 52.9. The van der Waals surface area contributed by atoms with Crippen LogP contribution in [0.3, 0.4) is 0 Å². The third-order valence-electron chi connectivity index (χ3n) is 9.79. The number of esters is 4. The van der Waals surface area contributed by atoms with Crippen LogP contribution in [0.15, 0.2) is 73.1 Å². The Kier molecular flexibility index (Phi) is 18.6. The molecular formula is C50H61N3O10Pt+2. The van der Waals surface area contributed by atoms with Gasteiger partial charge in [0.05, 0.1) is 22.8 Å². The van der Waals surface area contributed by atoms with E-state index in [9.17, 15) is 19.2 Å². The van der Waals surface area contributed by atoms with Gasteiger partial charge in [-0.05, 0) is 101 Å². The first-order valence-corrected chi connectivity index (χ1v) is 20.8. The van der Waals surface area contributed by atoms with Gasteiger partial charge in [-0.3, -0.25) is 29.1 Å². The average Bonchev–Trinajstić information content (AvgIpc) is 3.19. The van der Waals surface area contributed by atoms with Crippen LogP contribution in [0.1, 0.15) is 119 Å². The van der Waals surface area contributed by atoms with E-state index in [4.69, 9.17) is 33.4 Å². The normalized spacial score (nSPS) is 18.3. The number of carbonyl (C=O) groups excluding carboxylic acids is 4. The number of carbonyl (C=O) groups is 4. The van der Waals surface area contributed by atoms with Crippen molar-refractivity contribution in [1.82, 2.24) is 15.0 Å². The summed E-state index contributed by atoms with van der Waals surface area (Å²) in [7, 11) is 0. The van der Waals surface area contributed by atoms with Crippen molar-refractivity contribution < 1.29 is 68.7 Å². The molecule has 4 heterocycles. The van der Waals surface area contributed by atoms with Gasteiger partial charge in [0.1, 0.15) is 18.5 Å². The van der Waals surface area contributed by atoms with E-state index in [0.29, 0.717) is 5.75 Å². The van der Waals surface area contributed by atoms with Crippen LogP contribution >= 0.6 is 0 Å². The van der Waals surface area contributed by atoms with Crippen LogP contribution in [0.4, 0.5) is 0 Å². The molecule has 1 aliphatic rings. The van der Waals surface area contributed by atoms with Crippen LogP contribution in [0.5, 0.6) is 5.75 Å². The molecule has 13 nitrogen and oxygen atoms in total. The molecule has 0 saturated carbocycles. The Morgan fingerprint density at radius 2 is 1.03 bits per heavy atom. The average molecular weight is 1060 g/mol. The Bertz CT molecular complexity index is 2240. The number of aromatic nitrogens is 3. The van der Waals surface area contributed by atoms with E-state index in [1.807, 2.05) is 12.4 Å². The second-order valence-corrected chi connectivity index (χ2v) is 18.3. The van der Waals surface area contributed by atoms with Crippen molar-refractivity contribution in [3.63, 3.8) is 0 Å². The van der Waals surface area contributed by atoms with Crippen LogP contribution in [-0.2, 0) is 80.2 Å². The maximum Gasteiger partial charge on any atom is 2.00 e. The number of hydrogen-bond donors (Lipinski definition) is 0. The molecule has 1 fully saturated rings. The molecule has 0 bridgehead atoms. The molecule has 1 aliphatic heterocycles. The van der Waals surface area contributed by atoms with Crippen molar-refractivity contribution in [2.24, 2.45) is 0 Å².